The molecule has 0 fully saturated rings. The van der Waals surface area contributed by atoms with E-state index in [-0.39, 0.29) is 11.3 Å². The molecule has 1 aliphatic rings. The third kappa shape index (κ3) is 4.35. The van der Waals surface area contributed by atoms with Crippen LogP contribution < -0.4 is 10.1 Å². The largest absolute Gasteiger partial charge is 0.493 e. The van der Waals surface area contributed by atoms with E-state index in [1.165, 1.54) is 11.1 Å². The Morgan fingerprint density at radius 3 is 2.89 bits per heavy atom. The first kappa shape index (κ1) is 14.1. The monoisotopic (exact) mass is 261 g/mol. The van der Waals surface area contributed by atoms with Crippen molar-refractivity contribution in [2.75, 3.05) is 13.2 Å². The minimum Gasteiger partial charge on any atom is -0.493 e. The first-order chi connectivity index (χ1) is 8.94. The van der Waals surface area contributed by atoms with E-state index in [0.29, 0.717) is 13.0 Å². The number of hydrogen-bond donors (Lipinski definition) is 1. The normalized spacial score (nSPS) is 14.1. The highest BCUT2D eigenvalue weighted by atomic mass is 16.5. The molecule has 19 heavy (non-hydrogen) atoms. The van der Waals surface area contributed by atoms with Crippen LogP contribution in [-0.2, 0) is 17.6 Å². The second kappa shape index (κ2) is 5.74. The summed E-state index contributed by atoms with van der Waals surface area (Å²) in [6, 6.07) is 6.26. The van der Waals surface area contributed by atoms with Gasteiger partial charge in [0.05, 0.1) is 13.2 Å². The molecule has 0 aliphatic carbocycles. The molecule has 0 saturated heterocycles. The molecule has 2 rings (SSSR count). The molecular weight excluding hydrogens is 238 g/mol. The number of rotatable bonds is 5. The third-order valence-electron chi connectivity index (χ3n) is 3.26. The predicted molar refractivity (Wildman–Crippen MR) is 76.7 cm³/mol. The van der Waals surface area contributed by atoms with Gasteiger partial charge in [-0.1, -0.05) is 12.1 Å². The van der Waals surface area contributed by atoms with Crippen molar-refractivity contribution in [2.45, 2.75) is 45.6 Å². The van der Waals surface area contributed by atoms with Gasteiger partial charge in [-0.05, 0) is 44.4 Å². The van der Waals surface area contributed by atoms with Crippen LogP contribution in [0.3, 0.4) is 0 Å². The summed E-state index contributed by atoms with van der Waals surface area (Å²) in [4.78, 5) is 11.8. The molecule has 0 bridgehead atoms. The number of hydrogen-bond acceptors (Lipinski definition) is 3. The van der Waals surface area contributed by atoms with Gasteiger partial charge in [0.15, 0.2) is 0 Å². The minimum atomic E-state index is 0.000564. The number of aryl methyl sites for hydroxylation is 1. The van der Waals surface area contributed by atoms with Gasteiger partial charge in [-0.25, -0.2) is 0 Å². The van der Waals surface area contributed by atoms with Crippen molar-refractivity contribution in [1.82, 2.24) is 5.32 Å². The topological polar surface area (TPSA) is 38.3 Å². The number of carbonyl (C=O) groups is 1. The van der Waals surface area contributed by atoms with Crippen LogP contribution in [0, 0.1) is 0 Å². The SMILES string of the molecule is CC(C)(C)NCC(=O)CCc1ccc2c(c1)CCO2. The van der Waals surface area contributed by atoms with E-state index in [2.05, 4.69) is 38.2 Å². The van der Waals surface area contributed by atoms with Crippen LogP contribution in [0.4, 0.5) is 0 Å². The van der Waals surface area contributed by atoms with Crippen molar-refractivity contribution in [2.24, 2.45) is 0 Å². The van der Waals surface area contributed by atoms with Crippen molar-refractivity contribution in [1.29, 1.82) is 0 Å². The zero-order valence-corrected chi connectivity index (χ0v) is 12.1. The van der Waals surface area contributed by atoms with Gasteiger partial charge in [-0.2, -0.15) is 0 Å². The molecule has 0 unspecified atom stereocenters. The molecule has 1 aliphatic heterocycles. The molecule has 3 heteroatoms. The van der Waals surface area contributed by atoms with Gasteiger partial charge in [-0.3, -0.25) is 4.79 Å². The minimum absolute atomic E-state index is 0.000564. The van der Waals surface area contributed by atoms with E-state index < -0.39 is 0 Å². The summed E-state index contributed by atoms with van der Waals surface area (Å²) in [5.41, 5.74) is 2.51. The fourth-order valence-corrected chi connectivity index (χ4v) is 2.13. The second-order valence-electron chi connectivity index (χ2n) is 6.18. The Balaban J connectivity index is 1.81. The Morgan fingerprint density at radius 2 is 2.16 bits per heavy atom. The molecule has 104 valence electrons. The maximum absolute atomic E-state index is 11.8. The highest BCUT2D eigenvalue weighted by molar-refractivity contribution is 5.80. The van der Waals surface area contributed by atoms with Gasteiger partial charge in [0.1, 0.15) is 11.5 Å². The van der Waals surface area contributed by atoms with Crippen LogP contribution in [0.1, 0.15) is 38.3 Å². The van der Waals surface area contributed by atoms with Crippen molar-refractivity contribution in [3.63, 3.8) is 0 Å². The van der Waals surface area contributed by atoms with Gasteiger partial charge < -0.3 is 10.1 Å². The van der Waals surface area contributed by atoms with Gasteiger partial charge in [0.25, 0.3) is 0 Å². The Kier molecular flexibility index (Phi) is 4.25. The second-order valence-corrected chi connectivity index (χ2v) is 6.18. The summed E-state index contributed by atoms with van der Waals surface area (Å²) < 4.78 is 5.48. The molecule has 0 atom stereocenters. The van der Waals surface area contributed by atoms with Gasteiger partial charge in [0, 0.05) is 18.4 Å². The van der Waals surface area contributed by atoms with E-state index in [1.807, 2.05) is 6.07 Å². The fraction of sp³-hybridized carbons (Fsp3) is 0.562. The molecule has 1 aromatic rings. The number of Topliss-reactive ketones (excluding diaryl/α,β-unsaturated/α-hetero) is 1. The number of benzene rings is 1. The highest BCUT2D eigenvalue weighted by Crippen LogP contribution is 2.26. The van der Waals surface area contributed by atoms with Crippen molar-refractivity contribution in [3.8, 4) is 5.75 Å². The molecule has 1 heterocycles. The molecule has 0 saturated carbocycles. The quantitative estimate of drug-likeness (QED) is 0.885. The summed E-state index contributed by atoms with van der Waals surface area (Å²) in [5, 5.41) is 3.23. The lowest BCUT2D eigenvalue weighted by Gasteiger charge is -2.19. The van der Waals surface area contributed by atoms with E-state index in [4.69, 9.17) is 4.74 Å². The smallest absolute Gasteiger partial charge is 0.146 e. The van der Waals surface area contributed by atoms with E-state index in [0.717, 1.165) is 25.2 Å². The Bertz CT molecular complexity index is 460. The maximum Gasteiger partial charge on any atom is 0.146 e. The zero-order chi connectivity index (χ0) is 13.9. The molecule has 0 aromatic heterocycles. The molecular formula is C16H23NO2. The van der Waals surface area contributed by atoms with Crippen LogP contribution in [0.25, 0.3) is 0 Å². The van der Waals surface area contributed by atoms with Crippen molar-refractivity contribution < 1.29 is 9.53 Å². The van der Waals surface area contributed by atoms with Crippen LogP contribution in [0.5, 0.6) is 5.75 Å². The average molecular weight is 261 g/mol. The lowest BCUT2D eigenvalue weighted by atomic mass is 10.0. The van der Waals surface area contributed by atoms with Gasteiger partial charge in [-0.15, -0.1) is 0 Å². The standard InChI is InChI=1S/C16H23NO2/c1-16(2,3)17-11-14(18)6-4-12-5-7-15-13(10-12)8-9-19-15/h5,7,10,17H,4,6,8-9,11H2,1-3H3. The molecule has 0 amide bonds. The van der Waals surface area contributed by atoms with Crippen LogP contribution in [0.15, 0.2) is 18.2 Å². The first-order valence-corrected chi connectivity index (χ1v) is 6.95. The Morgan fingerprint density at radius 1 is 1.37 bits per heavy atom. The maximum atomic E-state index is 11.8. The number of nitrogens with one attached hydrogen (secondary N) is 1. The molecule has 1 N–H and O–H groups in total. The van der Waals surface area contributed by atoms with Crippen LogP contribution in [-0.4, -0.2) is 24.5 Å². The summed E-state index contributed by atoms with van der Waals surface area (Å²) in [6.45, 7) is 7.45. The number of fused-ring (bicyclic) bond motifs is 1. The number of ether oxygens (including phenoxy) is 1. The van der Waals surface area contributed by atoms with Gasteiger partial charge >= 0.3 is 0 Å². The summed E-state index contributed by atoms with van der Waals surface area (Å²) in [5.74, 6) is 1.27. The van der Waals surface area contributed by atoms with Crippen molar-refractivity contribution >= 4 is 5.78 Å². The number of ketones is 1. The Labute approximate surface area is 115 Å². The van der Waals surface area contributed by atoms with Crippen LogP contribution >= 0.6 is 0 Å². The van der Waals surface area contributed by atoms with E-state index >= 15 is 0 Å². The fourth-order valence-electron chi connectivity index (χ4n) is 2.13. The van der Waals surface area contributed by atoms with E-state index in [1.54, 1.807) is 0 Å². The Hall–Kier alpha value is -1.35. The summed E-state index contributed by atoms with van der Waals surface area (Å²) in [6.07, 6.45) is 2.41. The first-order valence-electron chi connectivity index (χ1n) is 6.95. The van der Waals surface area contributed by atoms with Crippen molar-refractivity contribution in [3.05, 3.63) is 29.3 Å². The summed E-state index contributed by atoms with van der Waals surface area (Å²) >= 11 is 0. The lowest BCUT2D eigenvalue weighted by molar-refractivity contribution is -0.118. The van der Waals surface area contributed by atoms with E-state index in [9.17, 15) is 4.79 Å². The molecule has 0 radical (unpaired) electrons. The highest BCUT2D eigenvalue weighted by Gasteiger charge is 2.13. The number of carbonyl (C=O) groups excluding carboxylic acids is 1. The third-order valence-corrected chi connectivity index (χ3v) is 3.26. The summed E-state index contributed by atoms with van der Waals surface area (Å²) in [7, 11) is 0. The lowest BCUT2D eigenvalue weighted by Crippen LogP contribution is -2.39. The predicted octanol–water partition coefficient (Wildman–Crippen LogP) is 2.51. The average Bonchev–Trinajstić information content (AvgIpc) is 2.80. The van der Waals surface area contributed by atoms with Gasteiger partial charge in [0.2, 0.25) is 0 Å². The molecule has 3 nitrogen and oxygen atoms in total. The molecule has 1 aromatic carbocycles. The molecule has 0 spiro atoms. The zero-order valence-electron chi connectivity index (χ0n) is 12.1. The van der Waals surface area contributed by atoms with Crippen LogP contribution in [0.2, 0.25) is 0 Å².